The SMILES string of the molecule is O=C(Nc1cc(F)c(F)c(Cl)c1)c1cc(S(=O)(=O)N2CCC(CO)C(O)C2)cc2[nH]ccc12. The molecule has 1 aliphatic rings. The van der Waals surface area contributed by atoms with Crippen LogP contribution in [0.4, 0.5) is 14.5 Å². The molecule has 2 heterocycles. The van der Waals surface area contributed by atoms with Crippen LogP contribution < -0.4 is 5.32 Å². The van der Waals surface area contributed by atoms with Gasteiger partial charge in [0.15, 0.2) is 11.6 Å². The van der Waals surface area contributed by atoms with Crippen LogP contribution in [0.15, 0.2) is 41.4 Å². The van der Waals surface area contributed by atoms with Gasteiger partial charge in [0.2, 0.25) is 10.0 Å². The van der Waals surface area contributed by atoms with Crippen molar-refractivity contribution in [3.8, 4) is 0 Å². The minimum atomic E-state index is -4.08. The molecule has 0 aliphatic carbocycles. The van der Waals surface area contributed by atoms with Crippen molar-refractivity contribution in [2.75, 3.05) is 25.0 Å². The maximum absolute atomic E-state index is 13.7. The number of amides is 1. The second-order valence-corrected chi connectivity index (χ2v) is 10.1. The molecule has 12 heteroatoms. The summed E-state index contributed by atoms with van der Waals surface area (Å²) in [6.07, 6.45) is 0.794. The Morgan fingerprint density at radius 1 is 1.27 bits per heavy atom. The lowest BCUT2D eigenvalue weighted by atomic mass is 9.96. The lowest BCUT2D eigenvalue weighted by Gasteiger charge is -2.34. The number of carbonyl (C=O) groups excluding carboxylic acids is 1. The molecular weight excluding hydrogens is 480 g/mol. The fourth-order valence-electron chi connectivity index (χ4n) is 3.83. The Morgan fingerprint density at radius 3 is 2.70 bits per heavy atom. The standard InChI is InChI=1S/C21H20ClF2N3O5S/c22-16-5-12(6-17(23)20(16)24)26-21(30)15-7-13(8-18-14(15)1-3-25-18)33(31,32)27-4-2-11(10-28)19(29)9-27/h1,3,5-8,11,19,25,28-29H,2,4,9-10H2,(H,26,30). The fraction of sp³-hybridized carbons (Fsp3) is 0.286. The predicted molar refractivity (Wildman–Crippen MR) is 118 cm³/mol. The second-order valence-electron chi connectivity index (χ2n) is 7.78. The number of H-pyrrole nitrogens is 1. The van der Waals surface area contributed by atoms with Gasteiger partial charge in [-0.1, -0.05) is 11.6 Å². The second kappa shape index (κ2) is 8.99. The Bertz CT molecular complexity index is 1310. The van der Waals surface area contributed by atoms with E-state index in [0.717, 1.165) is 16.4 Å². The number of nitrogens with one attached hydrogen (secondary N) is 2. The van der Waals surface area contributed by atoms with Gasteiger partial charge in [0.05, 0.1) is 21.6 Å². The molecule has 176 valence electrons. The topological polar surface area (TPSA) is 123 Å². The van der Waals surface area contributed by atoms with Gasteiger partial charge in [-0.3, -0.25) is 4.79 Å². The number of sulfonamides is 1. The first-order chi connectivity index (χ1) is 15.6. The van der Waals surface area contributed by atoms with Gasteiger partial charge in [0, 0.05) is 54.5 Å². The van der Waals surface area contributed by atoms with Gasteiger partial charge in [-0.25, -0.2) is 17.2 Å². The summed E-state index contributed by atoms with van der Waals surface area (Å²) >= 11 is 5.64. The molecule has 1 fully saturated rings. The number of aromatic amines is 1. The number of aromatic nitrogens is 1. The van der Waals surface area contributed by atoms with Crippen molar-refractivity contribution in [1.29, 1.82) is 0 Å². The molecule has 0 bridgehead atoms. The molecule has 0 radical (unpaired) electrons. The number of hydrogen-bond acceptors (Lipinski definition) is 5. The number of aliphatic hydroxyl groups is 2. The first-order valence-electron chi connectivity index (χ1n) is 9.98. The van der Waals surface area contributed by atoms with Crippen molar-refractivity contribution in [3.63, 3.8) is 0 Å². The van der Waals surface area contributed by atoms with Gasteiger partial charge in [-0.05, 0) is 30.7 Å². The summed E-state index contributed by atoms with van der Waals surface area (Å²) in [4.78, 5) is 15.7. The molecular formula is C21H20ClF2N3O5S. The van der Waals surface area contributed by atoms with Gasteiger partial charge in [-0.2, -0.15) is 4.31 Å². The van der Waals surface area contributed by atoms with Crippen LogP contribution in [0.25, 0.3) is 10.9 Å². The van der Waals surface area contributed by atoms with Crippen LogP contribution in [0, 0.1) is 17.6 Å². The number of rotatable bonds is 5. The third kappa shape index (κ3) is 4.46. The highest BCUT2D eigenvalue weighted by Gasteiger charge is 2.35. The maximum Gasteiger partial charge on any atom is 0.256 e. The van der Waals surface area contributed by atoms with E-state index in [1.54, 1.807) is 6.07 Å². The lowest BCUT2D eigenvalue weighted by molar-refractivity contribution is 0.0222. The van der Waals surface area contributed by atoms with Crippen molar-refractivity contribution in [2.24, 2.45) is 5.92 Å². The van der Waals surface area contributed by atoms with Crippen LogP contribution >= 0.6 is 11.6 Å². The molecule has 1 aliphatic heterocycles. The van der Waals surface area contributed by atoms with Crippen LogP contribution in [0.1, 0.15) is 16.8 Å². The average Bonchev–Trinajstić information content (AvgIpc) is 3.25. The molecule has 8 nitrogen and oxygen atoms in total. The van der Waals surface area contributed by atoms with Gasteiger partial charge in [0.1, 0.15) is 0 Å². The van der Waals surface area contributed by atoms with Crippen molar-refractivity contribution >= 4 is 44.1 Å². The molecule has 2 unspecified atom stereocenters. The number of carbonyl (C=O) groups is 1. The summed E-state index contributed by atoms with van der Waals surface area (Å²) in [6, 6.07) is 5.95. The Balaban J connectivity index is 1.69. The van der Waals surface area contributed by atoms with Crippen LogP contribution in [0.2, 0.25) is 5.02 Å². The number of nitrogens with zero attached hydrogens (tertiary/aromatic N) is 1. The molecule has 1 amide bonds. The summed E-state index contributed by atoms with van der Waals surface area (Å²) in [5.74, 6) is -3.65. The van der Waals surface area contributed by atoms with E-state index in [-0.39, 0.29) is 42.3 Å². The molecule has 2 aromatic carbocycles. The summed E-state index contributed by atoms with van der Waals surface area (Å²) < 4.78 is 54.7. The normalized spacial score (nSPS) is 19.7. The molecule has 1 aromatic heterocycles. The van der Waals surface area contributed by atoms with Gasteiger partial charge < -0.3 is 20.5 Å². The van der Waals surface area contributed by atoms with E-state index >= 15 is 0 Å². The van der Waals surface area contributed by atoms with Crippen LogP contribution in [0.3, 0.4) is 0 Å². The number of fused-ring (bicyclic) bond motifs is 1. The van der Waals surface area contributed by atoms with E-state index in [4.69, 9.17) is 11.6 Å². The zero-order valence-corrected chi connectivity index (χ0v) is 18.6. The summed E-state index contributed by atoms with van der Waals surface area (Å²) in [5, 5.41) is 21.8. The molecule has 0 saturated carbocycles. The zero-order valence-electron chi connectivity index (χ0n) is 17.1. The lowest BCUT2D eigenvalue weighted by Crippen LogP contribution is -2.47. The number of anilines is 1. The minimum Gasteiger partial charge on any atom is -0.396 e. The quantitative estimate of drug-likeness (QED) is 0.402. The third-order valence-electron chi connectivity index (χ3n) is 5.69. The van der Waals surface area contributed by atoms with Crippen LogP contribution in [-0.2, 0) is 10.0 Å². The summed E-state index contributed by atoms with van der Waals surface area (Å²) in [5.41, 5.74) is 0.254. The monoisotopic (exact) mass is 499 g/mol. The van der Waals surface area contributed by atoms with Crippen molar-refractivity contribution in [2.45, 2.75) is 17.4 Å². The first kappa shape index (κ1) is 23.6. The summed E-state index contributed by atoms with van der Waals surface area (Å²) in [7, 11) is -4.08. The van der Waals surface area contributed by atoms with Crippen molar-refractivity contribution in [1.82, 2.24) is 9.29 Å². The fourth-order valence-corrected chi connectivity index (χ4v) is 5.57. The predicted octanol–water partition coefficient (Wildman–Crippen LogP) is 2.72. The zero-order chi connectivity index (χ0) is 23.9. The van der Waals surface area contributed by atoms with Gasteiger partial charge >= 0.3 is 0 Å². The maximum atomic E-state index is 13.7. The van der Waals surface area contributed by atoms with Gasteiger partial charge in [-0.15, -0.1) is 0 Å². The smallest absolute Gasteiger partial charge is 0.256 e. The van der Waals surface area contributed by atoms with E-state index in [1.165, 1.54) is 18.3 Å². The van der Waals surface area contributed by atoms with E-state index in [2.05, 4.69) is 10.3 Å². The Morgan fingerprint density at radius 2 is 2.03 bits per heavy atom. The van der Waals surface area contributed by atoms with Crippen LogP contribution in [-0.4, -0.2) is 59.6 Å². The molecule has 0 spiro atoms. The third-order valence-corrected chi connectivity index (χ3v) is 7.80. The number of β-amino-alcohol motifs (C(OH)–C–C–N with tert-alkyl or cyclic N) is 1. The number of hydrogen-bond donors (Lipinski definition) is 4. The molecule has 4 rings (SSSR count). The Hall–Kier alpha value is -2.57. The number of halogens is 3. The molecule has 4 N–H and O–H groups in total. The average molecular weight is 500 g/mol. The van der Waals surface area contributed by atoms with Crippen LogP contribution in [0.5, 0.6) is 0 Å². The Kier molecular flexibility index (Phi) is 6.43. The minimum absolute atomic E-state index is 0.0148. The number of benzene rings is 2. The van der Waals surface area contributed by atoms with E-state index in [9.17, 15) is 32.2 Å². The van der Waals surface area contributed by atoms with Crippen molar-refractivity contribution in [3.05, 3.63) is 58.7 Å². The summed E-state index contributed by atoms with van der Waals surface area (Å²) in [6.45, 7) is -0.338. The highest BCUT2D eigenvalue weighted by Crippen LogP contribution is 2.29. The van der Waals surface area contributed by atoms with E-state index in [0.29, 0.717) is 10.9 Å². The highest BCUT2D eigenvalue weighted by atomic mass is 35.5. The van der Waals surface area contributed by atoms with Gasteiger partial charge in [0.25, 0.3) is 5.91 Å². The molecule has 1 saturated heterocycles. The largest absolute Gasteiger partial charge is 0.396 e. The molecule has 3 aromatic rings. The number of aliphatic hydroxyl groups excluding tert-OH is 2. The van der Waals surface area contributed by atoms with Crippen molar-refractivity contribution < 1.29 is 32.2 Å². The molecule has 2 atom stereocenters. The first-order valence-corrected chi connectivity index (χ1v) is 11.8. The Labute approximate surface area is 192 Å². The highest BCUT2D eigenvalue weighted by molar-refractivity contribution is 7.89. The molecule has 33 heavy (non-hydrogen) atoms. The number of piperidine rings is 1. The van der Waals surface area contributed by atoms with E-state index in [1.807, 2.05) is 0 Å². The van der Waals surface area contributed by atoms with E-state index < -0.39 is 44.6 Å².